The molecular weight excluding hydrogens is 378 g/mol. The average molecular weight is 394 g/mol. The Balaban J connectivity index is 1.92. The van der Waals surface area contributed by atoms with Crippen LogP contribution in [0.15, 0.2) is 53.4 Å². The zero-order chi connectivity index (χ0) is 18.7. The molecule has 2 aromatic carbocycles. The van der Waals surface area contributed by atoms with Gasteiger partial charge in [-0.05, 0) is 32.0 Å². The van der Waals surface area contributed by atoms with Crippen molar-refractivity contribution in [2.75, 3.05) is 4.31 Å². The molecule has 0 aromatic heterocycles. The van der Waals surface area contributed by atoms with E-state index in [0.717, 1.165) is 4.31 Å². The lowest BCUT2D eigenvalue weighted by Crippen LogP contribution is -2.44. The fourth-order valence-electron chi connectivity index (χ4n) is 3.25. The first-order chi connectivity index (χ1) is 12.3. The Kier molecular flexibility index (Phi) is 3.89. The molecule has 136 valence electrons. The van der Waals surface area contributed by atoms with Gasteiger partial charge in [0.2, 0.25) is 0 Å². The molecule has 26 heavy (non-hydrogen) atoms. The number of anilines is 1. The molecule has 1 spiro atoms. The third-order valence-electron chi connectivity index (χ3n) is 4.66. The van der Waals surface area contributed by atoms with Crippen LogP contribution in [0.1, 0.15) is 19.4 Å². The van der Waals surface area contributed by atoms with E-state index in [1.54, 1.807) is 50.2 Å². The van der Waals surface area contributed by atoms with E-state index < -0.39 is 21.7 Å². The number of carbonyl (C=O) groups is 1. The lowest BCUT2D eigenvalue weighted by molar-refractivity contribution is -0.188. The van der Waals surface area contributed by atoms with Crippen molar-refractivity contribution < 1.29 is 22.7 Å². The highest BCUT2D eigenvalue weighted by Crippen LogP contribution is 2.50. The van der Waals surface area contributed by atoms with Crippen LogP contribution in [0, 0.1) is 0 Å². The molecule has 1 fully saturated rings. The van der Waals surface area contributed by atoms with Crippen LogP contribution in [0.2, 0.25) is 5.02 Å². The Hall–Kier alpha value is -1.93. The maximum absolute atomic E-state index is 13.3. The Morgan fingerprint density at radius 3 is 2.23 bits per heavy atom. The molecule has 0 saturated carbocycles. The zero-order valence-electron chi connectivity index (χ0n) is 14.0. The molecule has 8 heteroatoms. The van der Waals surface area contributed by atoms with E-state index >= 15 is 0 Å². The van der Waals surface area contributed by atoms with E-state index in [1.807, 2.05) is 0 Å². The van der Waals surface area contributed by atoms with Crippen LogP contribution in [-0.4, -0.2) is 26.5 Å². The zero-order valence-corrected chi connectivity index (χ0v) is 15.6. The lowest BCUT2D eigenvalue weighted by atomic mass is 10.1. The molecule has 0 radical (unpaired) electrons. The van der Waals surface area contributed by atoms with Gasteiger partial charge in [0.1, 0.15) is 4.90 Å². The number of hydrogen-bond acceptors (Lipinski definition) is 5. The molecule has 0 bridgehead atoms. The van der Waals surface area contributed by atoms with Crippen LogP contribution in [-0.2, 0) is 30.1 Å². The minimum Gasteiger partial charge on any atom is -0.333 e. The summed E-state index contributed by atoms with van der Waals surface area (Å²) in [4.78, 5) is 13.1. The molecule has 2 atom stereocenters. The molecule has 1 amide bonds. The summed E-state index contributed by atoms with van der Waals surface area (Å²) >= 11 is 6.08. The third kappa shape index (κ3) is 2.24. The molecule has 4 rings (SSSR count). The summed E-state index contributed by atoms with van der Waals surface area (Å²) in [6, 6.07) is 12.5. The van der Waals surface area contributed by atoms with Crippen LogP contribution in [0.5, 0.6) is 0 Å². The highest BCUT2D eigenvalue weighted by molar-refractivity contribution is 7.93. The van der Waals surface area contributed by atoms with Crippen LogP contribution < -0.4 is 4.31 Å². The van der Waals surface area contributed by atoms with E-state index in [1.165, 1.54) is 12.1 Å². The second kappa shape index (κ2) is 5.79. The number of ether oxygens (including phenoxy) is 2. The number of benzene rings is 2. The second-order valence-corrected chi connectivity index (χ2v) is 8.45. The van der Waals surface area contributed by atoms with Crippen molar-refractivity contribution in [3.63, 3.8) is 0 Å². The van der Waals surface area contributed by atoms with Gasteiger partial charge in [0, 0.05) is 5.56 Å². The van der Waals surface area contributed by atoms with Crippen molar-refractivity contribution >= 4 is 33.2 Å². The predicted octanol–water partition coefficient (Wildman–Crippen LogP) is 3.05. The standard InChI is InChI=1S/C18H16ClNO5S/c1-11-12(2)25-18(24-11)13-7-3-5-9-15(13)20(17(18)21)26(22,23)16-10-6-4-8-14(16)19/h3-12H,1-2H3/t11-,12-/m1/s1. The number of carbonyl (C=O) groups excluding carboxylic acids is 1. The van der Waals surface area contributed by atoms with Crippen molar-refractivity contribution in [3.8, 4) is 0 Å². The van der Waals surface area contributed by atoms with E-state index in [9.17, 15) is 13.2 Å². The SMILES string of the molecule is C[C@H]1OC2(O[C@@H]1C)C(=O)N(S(=O)(=O)c1ccccc1Cl)c1ccccc12. The molecule has 0 unspecified atom stereocenters. The van der Waals surface area contributed by atoms with Crippen molar-refractivity contribution in [1.29, 1.82) is 0 Å². The summed E-state index contributed by atoms with van der Waals surface area (Å²) in [5.74, 6) is -2.56. The number of hydrogen-bond donors (Lipinski definition) is 0. The first-order valence-corrected chi connectivity index (χ1v) is 9.90. The first kappa shape index (κ1) is 17.5. The summed E-state index contributed by atoms with van der Waals surface area (Å²) in [5, 5.41) is 0.0359. The van der Waals surface area contributed by atoms with Crippen LogP contribution in [0.4, 0.5) is 5.69 Å². The molecule has 0 aliphatic carbocycles. The Morgan fingerprint density at radius 2 is 1.58 bits per heavy atom. The van der Waals surface area contributed by atoms with Crippen molar-refractivity contribution in [1.82, 2.24) is 0 Å². The van der Waals surface area contributed by atoms with Gasteiger partial charge in [0.15, 0.2) is 0 Å². The Bertz CT molecular complexity index is 996. The molecule has 2 aromatic rings. The normalized spacial score (nSPS) is 24.3. The molecule has 6 nitrogen and oxygen atoms in total. The second-order valence-electron chi connectivity index (χ2n) is 6.28. The number of amides is 1. The average Bonchev–Trinajstić information content (AvgIpc) is 3.03. The summed E-state index contributed by atoms with van der Waals surface area (Å²) in [6.45, 7) is 3.56. The number of rotatable bonds is 2. The molecule has 2 heterocycles. The maximum atomic E-state index is 13.3. The lowest BCUT2D eigenvalue weighted by Gasteiger charge is -2.23. The van der Waals surface area contributed by atoms with Gasteiger partial charge >= 0.3 is 5.91 Å². The summed E-state index contributed by atoms with van der Waals surface area (Å²) in [7, 11) is -4.24. The van der Waals surface area contributed by atoms with E-state index in [4.69, 9.17) is 21.1 Å². The fraction of sp³-hybridized carbons (Fsp3) is 0.278. The van der Waals surface area contributed by atoms with Gasteiger partial charge in [-0.3, -0.25) is 4.79 Å². The number of sulfonamides is 1. The predicted molar refractivity (Wildman–Crippen MR) is 95.3 cm³/mol. The summed E-state index contributed by atoms with van der Waals surface area (Å²) in [6.07, 6.45) is -0.732. The van der Waals surface area contributed by atoms with Gasteiger partial charge in [-0.15, -0.1) is 0 Å². The number of para-hydroxylation sites is 1. The molecular formula is C18H16ClNO5S. The first-order valence-electron chi connectivity index (χ1n) is 8.08. The van der Waals surface area contributed by atoms with Crippen LogP contribution >= 0.6 is 11.6 Å². The fourth-order valence-corrected chi connectivity index (χ4v) is 5.20. The minimum atomic E-state index is -4.24. The van der Waals surface area contributed by atoms with Gasteiger partial charge in [-0.25, -0.2) is 8.42 Å². The molecule has 2 aliphatic heterocycles. The van der Waals surface area contributed by atoms with Gasteiger partial charge in [0.05, 0.1) is 22.9 Å². The number of halogens is 1. The van der Waals surface area contributed by atoms with Crippen molar-refractivity contribution in [3.05, 3.63) is 59.1 Å². The molecule has 0 N–H and O–H groups in total. The molecule has 2 aliphatic rings. The third-order valence-corrected chi connectivity index (χ3v) is 6.86. The largest absolute Gasteiger partial charge is 0.333 e. The number of fused-ring (bicyclic) bond motifs is 2. The summed E-state index contributed by atoms with van der Waals surface area (Å²) in [5.41, 5.74) is 0.579. The smallest absolute Gasteiger partial charge is 0.306 e. The molecule has 1 saturated heterocycles. The van der Waals surface area contributed by atoms with Crippen molar-refractivity contribution in [2.45, 2.75) is 36.7 Å². The Labute approximate surface area is 156 Å². The quantitative estimate of drug-likeness (QED) is 0.784. The van der Waals surface area contributed by atoms with Crippen molar-refractivity contribution in [2.24, 2.45) is 0 Å². The number of nitrogens with zero attached hydrogens (tertiary/aromatic N) is 1. The maximum Gasteiger partial charge on any atom is 0.306 e. The van der Waals surface area contributed by atoms with Gasteiger partial charge in [-0.2, -0.15) is 4.31 Å². The van der Waals surface area contributed by atoms with Gasteiger partial charge in [-0.1, -0.05) is 41.9 Å². The highest BCUT2D eigenvalue weighted by atomic mass is 35.5. The minimum absolute atomic E-state index is 0.0359. The van der Waals surface area contributed by atoms with E-state index in [2.05, 4.69) is 0 Å². The highest BCUT2D eigenvalue weighted by Gasteiger charge is 2.62. The topological polar surface area (TPSA) is 72.9 Å². The van der Waals surface area contributed by atoms with E-state index in [0.29, 0.717) is 5.56 Å². The summed E-state index contributed by atoms with van der Waals surface area (Å²) < 4.78 is 38.9. The van der Waals surface area contributed by atoms with Crippen LogP contribution in [0.3, 0.4) is 0 Å². The van der Waals surface area contributed by atoms with Gasteiger partial charge in [0.25, 0.3) is 15.8 Å². The Morgan fingerprint density at radius 1 is 1.00 bits per heavy atom. The van der Waals surface area contributed by atoms with Gasteiger partial charge < -0.3 is 9.47 Å². The van der Waals surface area contributed by atoms with E-state index in [-0.39, 0.29) is 27.8 Å². The monoisotopic (exact) mass is 393 g/mol. The van der Waals surface area contributed by atoms with Crippen LogP contribution in [0.25, 0.3) is 0 Å².